The largest absolute Gasteiger partial charge is 0.573 e. The normalized spacial score (nSPS) is 10.8. The fraction of sp³-hybridized carbons (Fsp3) is 0.200. The number of carbonyl (C=O) groups excluding carboxylic acids is 2. The van der Waals surface area contributed by atoms with Gasteiger partial charge in [0, 0.05) is 5.56 Å². The van der Waals surface area contributed by atoms with Gasteiger partial charge in [-0.1, -0.05) is 0 Å². The van der Waals surface area contributed by atoms with Gasteiger partial charge in [0.25, 0.3) is 0 Å². The van der Waals surface area contributed by atoms with E-state index >= 15 is 0 Å². The summed E-state index contributed by atoms with van der Waals surface area (Å²) in [6.45, 7) is 0. The summed E-state index contributed by atoms with van der Waals surface area (Å²) >= 11 is 0. The van der Waals surface area contributed by atoms with E-state index in [9.17, 15) is 22.8 Å². The van der Waals surface area contributed by atoms with Gasteiger partial charge in [0.2, 0.25) is 0 Å². The fourth-order valence-electron chi connectivity index (χ4n) is 1.13. The first-order chi connectivity index (χ1) is 7.87. The van der Waals surface area contributed by atoms with Crippen molar-refractivity contribution in [3.05, 3.63) is 29.3 Å². The molecule has 0 amide bonds. The Morgan fingerprint density at radius 2 is 2.00 bits per heavy atom. The molecule has 0 atom stereocenters. The summed E-state index contributed by atoms with van der Waals surface area (Å²) in [6, 6.07) is 2.76. The monoisotopic (exact) mass is 248 g/mol. The lowest BCUT2D eigenvalue weighted by Gasteiger charge is -2.10. The van der Waals surface area contributed by atoms with E-state index in [2.05, 4.69) is 9.47 Å². The van der Waals surface area contributed by atoms with Crippen molar-refractivity contribution in [2.75, 3.05) is 7.11 Å². The minimum absolute atomic E-state index is 0.128. The lowest BCUT2D eigenvalue weighted by molar-refractivity contribution is -0.274. The Bertz CT molecular complexity index is 440. The van der Waals surface area contributed by atoms with Crippen LogP contribution in [0.5, 0.6) is 5.75 Å². The van der Waals surface area contributed by atoms with Gasteiger partial charge in [-0.3, -0.25) is 4.79 Å². The molecule has 0 aliphatic carbocycles. The van der Waals surface area contributed by atoms with Crippen molar-refractivity contribution >= 4 is 12.3 Å². The number of aldehydes is 1. The van der Waals surface area contributed by atoms with Crippen LogP contribution in [0, 0.1) is 0 Å². The highest BCUT2D eigenvalue weighted by Gasteiger charge is 2.31. The molecule has 0 saturated heterocycles. The van der Waals surface area contributed by atoms with E-state index < -0.39 is 18.1 Å². The maximum absolute atomic E-state index is 11.9. The second-order valence-electron chi connectivity index (χ2n) is 2.91. The molecule has 17 heavy (non-hydrogen) atoms. The Morgan fingerprint density at radius 3 is 2.47 bits per heavy atom. The highest BCUT2D eigenvalue weighted by atomic mass is 19.4. The van der Waals surface area contributed by atoms with Crippen LogP contribution in [0.15, 0.2) is 18.2 Å². The van der Waals surface area contributed by atoms with Crippen molar-refractivity contribution in [1.29, 1.82) is 0 Å². The third-order valence-corrected chi connectivity index (χ3v) is 1.79. The number of carbonyl (C=O) groups is 2. The molecule has 1 aromatic rings. The molecular formula is C10H7F3O4. The van der Waals surface area contributed by atoms with Gasteiger partial charge in [-0.25, -0.2) is 4.79 Å². The minimum Gasteiger partial charge on any atom is -0.465 e. The predicted molar refractivity (Wildman–Crippen MR) is 49.9 cm³/mol. The van der Waals surface area contributed by atoms with Crippen LogP contribution < -0.4 is 4.74 Å². The molecule has 0 aliphatic rings. The first-order valence-corrected chi connectivity index (χ1v) is 4.30. The Kier molecular flexibility index (Phi) is 3.72. The number of methoxy groups -OCH3 is 1. The van der Waals surface area contributed by atoms with Gasteiger partial charge in [-0.05, 0) is 18.2 Å². The average molecular weight is 248 g/mol. The minimum atomic E-state index is -4.85. The van der Waals surface area contributed by atoms with Crippen LogP contribution in [0.3, 0.4) is 0 Å². The number of benzene rings is 1. The van der Waals surface area contributed by atoms with Crippen LogP contribution >= 0.6 is 0 Å². The van der Waals surface area contributed by atoms with Crippen LogP contribution in [0.25, 0.3) is 0 Å². The highest BCUT2D eigenvalue weighted by molar-refractivity contribution is 5.98. The van der Waals surface area contributed by atoms with E-state index in [0.29, 0.717) is 0 Å². The first-order valence-electron chi connectivity index (χ1n) is 4.30. The summed E-state index contributed by atoms with van der Waals surface area (Å²) in [4.78, 5) is 21.8. The van der Waals surface area contributed by atoms with Crippen LogP contribution in [-0.2, 0) is 4.74 Å². The molecular weight excluding hydrogens is 241 g/mol. The number of ether oxygens (including phenoxy) is 2. The van der Waals surface area contributed by atoms with E-state index in [0.717, 1.165) is 25.3 Å². The summed E-state index contributed by atoms with van der Waals surface area (Å²) < 4.78 is 43.7. The maximum atomic E-state index is 11.9. The van der Waals surface area contributed by atoms with E-state index in [4.69, 9.17) is 0 Å². The molecule has 0 bridgehead atoms. The van der Waals surface area contributed by atoms with E-state index in [1.807, 2.05) is 0 Å². The van der Waals surface area contributed by atoms with Gasteiger partial charge in [0.15, 0.2) is 6.29 Å². The molecule has 0 N–H and O–H groups in total. The van der Waals surface area contributed by atoms with Gasteiger partial charge in [0.1, 0.15) is 5.75 Å². The lowest BCUT2D eigenvalue weighted by atomic mass is 10.1. The van der Waals surface area contributed by atoms with Crippen LogP contribution in [0.2, 0.25) is 0 Å². The van der Waals surface area contributed by atoms with Crippen LogP contribution in [-0.4, -0.2) is 25.7 Å². The number of rotatable bonds is 3. The predicted octanol–water partition coefficient (Wildman–Crippen LogP) is 2.18. The Hall–Kier alpha value is -2.05. The zero-order valence-electron chi connectivity index (χ0n) is 8.58. The molecule has 7 heteroatoms. The van der Waals surface area contributed by atoms with Crippen molar-refractivity contribution in [1.82, 2.24) is 0 Å². The molecule has 0 saturated carbocycles. The second-order valence-corrected chi connectivity index (χ2v) is 2.91. The zero-order chi connectivity index (χ0) is 13.1. The molecule has 0 fully saturated rings. The lowest BCUT2D eigenvalue weighted by Crippen LogP contribution is -2.17. The summed E-state index contributed by atoms with van der Waals surface area (Å²) in [5.41, 5.74) is -0.365. The average Bonchev–Trinajstić information content (AvgIpc) is 2.25. The standard InChI is InChI=1S/C10H7F3O4/c1-16-9(15)8-3-2-7(4-6(8)5-14)17-10(11,12)13/h2-5H,1H3. The van der Waals surface area contributed by atoms with Crippen molar-refractivity contribution in [2.45, 2.75) is 6.36 Å². The quantitative estimate of drug-likeness (QED) is 0.607. The third-order valence-electron chi connectivity index (χ3n) is 1.79. The van der Waals surface area contributed by atoms with Gasteiger partial charge in [-0.2, -0.15) is 0 Å². The zero-order valence-corrected chi connectivity index (χ0v) is 8.58. The Labute approximate surface area is 93.9 Å². The SMILES string of the molecule is COC(=O)c1ccc(OC(F)(F)F)cc1C=O. The van der Waals surface area contributed by atoms with Gasteiger partial charge in [0.05, 0.1) is 12.7 Å². The molecule has 1 rings (SSSR count). The molecule has 0 unspecified atom stereocenters. The smallest absolute Gasteiger partial charge is 0.465 e. The molecule has 1 aromatic carbocycles. The number of halogens is 3. The summed E-state index contributed by atoms with van der Waals surface area (Å²) in [6.07, 6.45) is -4.61. The molecule has 92 valence electrons. The second kappa shape index (κ2) is 4.86. The number of esters is 1. The van der Waals surface area contributed by atoms with Gasteiger partial charge >= 0.3 is 12.3 Å². The summed E-state index contributed by atoms with van der Waals surface area (Å²) in [5, 5.41) is 0. The first kappa shape index (κ1) is 13.0. The van der Waals surface area contributed by atoms with Crippen LogP contribution in [0.4, 0.5) is 13.2 Å². The molecule has 0 spiro atoms. The Balaban J connectivity index is 3.09. The fourth-order valence-corrected chi connectivity index (χ4v) is 1.13. The van der Waals surface area contributed by atoms with Crippen molar-refractivity contribution in [3.63, 3.8) is 0 Å². The summed E-state index contributed by atoms with van der Waals surface area (Å²) in [7, 11) is 1.09. The Morgan fingerprint density at radius 1 is 1.35 bits per heavy atom. The third kappa shape index (κ3) is 3.47. The van der Waals surface area contributed by atoms with Gasteiger partial charge < -0.3 is 9.47 Å². The van der Waals surface area contributed by atoms with Gasteiger partial charge in [-0.15, -0.1) is 13.2 Å². The van der Waals surface area contributed by atoms with Crippen molar-refractivity contribution < 1.29 is 32.2 Å². The topological polar surface area (TPSA) is 52.6 Å². The van der Waals surface area contributed by atoms with E-state index in [1.54, 1.807) is 0 Å². The number of hydrogen-bond acceptors (Lipinski definition) is 4. The molecule has 4 nitrogen and oxygen atoms in total. The molecule has 0 heterocycles. The van der Waals surface area contributed by atoms with E-state index in [-0.39, 0.29) is 17.4 Å². The van der Waals surface area contributed by atoms with Crippen molar-refractivity contribution in [2.24, 2.45) is 0 Å². The summed E-state index contributed by atoms with van der Waals surface area (Å²) in [5.74, 6) is -1.39. The molecule has 0 radical (unpaired) electrons. The maximum Gasteiger partial charge on any atom is 0.573 e. The van der Waals surface area contributed by atoms with Crippen LogP contribution in [0.1, 0.15) is 20.7 Å². The highest BCUT2D eigenvalue weighted by Crippen LogP contribution is 2.24. The van der Waals surface area contributed by atoms with Crippen molar-refractivity contribution in [3.8, 4) is 5.75 Å². The van der Waals surface area contributed by atoms with E-state index in [1.165, 1.54) is 0 Å². The number of hydrogen-bond donors (Lipinski definition) is 0. The molecule has 0 aliphatic heterocycles. The molecule has 0 aromatic heterocycles. The number of alkyl halides is 3.